The predicted molar refractivity (Wildman–Crippen MR) is 140 cm³/mol. The van der Waals surface area contributed by atoms with Crippen LogP contribution in [0.4, 0.5) is 5.82 Å². The number of phosphoric acid groups is 1. The Hall–Kier alpha value is -2.53. The number of rotatable bonds is 12. The second-order valence-electron chi connectivity index (χ2n) is 10.2. The lowest BCUT2D eigenvalue weighted by molar-refractivity contribution is -0.337. The number of carbonyl (C=O) groups excluding carboxylic acids is 1. The molecule has 4 rings (SSSR count). The summed E-state index contributed by atoms with van der Waals surface area (Å²) in [6, 6.07) is 9.68. The molecule has 0 spiro atoms. The molecule has 43 heavy (non-hydrogen) atoms. The summed E-state index contributed by atoms with van der Waals surface area (Å²) in [7, 11) is -11.6. The molecular weight excluding hydrogens is 614 g/mol. The Kier molecular flexibility index (Phi) is 10.3. The Labute approximate surface area is 245 Å². The highest BCUT2D eigenvalue weighted by Crippen LogP contribution is 2.63. The van der Waals surface area contributed by atoms with Crippen LogP contribution in [0.2, 0.25) is 0 Å². The van der Waals surface area contributed by atoms with Crippen molar-refractivity contribution in [2.24, 2.45) is 5.92 Å². The van der Waals surface area contributed by atoms with Gasteiger partial charge in [-0.1, -0.05) is 30.3 Å². The van der Waals surface area contributed by atoms with Crippen LogP contribution in [0.25, 0.3) is 0 Å². The maximum atomic E-state index is 13.0. The summed E-state index contributed by atoms with van der Waals surface area (Å²) >= 11 is 0. The number of carbonyl (C=O) groups is 1. The van der Waals surface area contributed by atoms with Crippen LogP contribution in [0.5, 0.6) is 0 Å². The fourth-order valence-electron chi connectivity index (χ4n) is 5.11. The summed E-state index contributed by atoms with van der Waals surface area (Å²) in [6.07, 6.45) is -7.65. The minimum absolute atomic E-state index is 0.0586. The Morgan fingerprint density at radius 2 is 1.91 bits per heavy atom. The quantitative estimate of drug-likeness (QED) is 0.177. The van der Waals surface area contributed by atoms with E-state index in [4.69, 9.17) is 24.3 Å². The van der Waals surface area contributed by atoms with Crippen LogP contribution in [0, 0.1) is 5.92 Å². The van der Waals surface area contributed by atoms with E-state index in [1.54, 1.807) is 30.3 Å². The third kappa shape index (κ3) is 7.59. The van der Waals surface area contributed by atoms with Crippen molar-refractivity contribution in [3.8, 4) is 0 Å². The second kappa shape index (κ2) is 13.2. The molecule has 1 saturated carbocycles. The number of aromatic nitrogens is 2. The zero-order chi connectivity index (χ0) is 31.6. The molecule has 2 unspecified atom stereocenters. The Morgan fingerprint density at radius 1 is 1.21 bits per heavy atom. The zero-order valence-electron chi connectivity index (χ0n) is 22.8. The predicted octanol–water partition coefficient (Wildman–Crippen LogP) is -2.31. The lowest BCUT2D eigenvalue weighted by Crippen LogP contribution is -2.51. The van der Waals surface area contributed by atoms with Crippen LogP contribution in [0.1, 0.15) is 31.6 Å². The van der Waals surface area contributed by atoms with E-state index < -0.39 is 81.9 Å². The number of amides is 1. The molecule has 1 aliphatic heterocycles. The van der Waals surface area contributed by atoms with E-state index in [1.807, 2.05) is 0 Å². The molecule has 1 saturated heterocycles. The SMILES string of the molecule is CC(=O)NC[C@@H]1CCC(OP(=O)([O-])OC[C@H]2O[C@@H](n3ccc(N)nc3=O)[C@H](O)[C@@H]2O)(P(=O)([O-])[O-])[C@H]1OCc1ccccc1. The summed E-state index contributed by atoms with van der Waals surface area (Å²) < 4.78 is 47.6. The number of phosphoric ester groups is 1. The normalized spacial score (nSPS) is 30.7. The molecule has 5 N–H and O–H groups in total. The highest BCUT2D eigenvalue weighted by atomic mass is 31.2. The molecule has 1 aromatic carbocycles. The van der Waals surface area contributed by atoms with E-state index in [-0.39, 0.29) is 25.4 Å². The van der Waals surface area contributed by atoms with E-state index in [1.165, 1.54) is 13.0 Å². The minimum atomic E-state index is -5.92. The van der Waals surface area contributed by atoms with E-state index in [9.17, 15) is 43.6 Å². The van der Waals surface area contributed by atoms with Crippen molar-refractivity contribution < 1.29 is 57.3 Å². The number of benzene rings is 1. The topological polar surface area (TPSA) is 271 Å². The van der Waals surface area contributed by atoms with Crippen molar-refractivity contribution in [2.45, 2.75) is 62.4 Å². The summed E-state index contributed by atoms with van der Waals surface area (Å²) in [6.45, 7) is -0.107. The Balaban J connectivity index is 1.52. The van der Waals surface area contributed by atoms with Gasteiger partial charge >= 0.3 is 5.69 Å². The van der Waals surface area contributed by atoms with Gasteiger partial charge < -0.3 is 59.0 Å². The monoisotopic (exact) mass is 645 g/mol. The number of hydrogen-bond acceptors (Lipinski definition) is 15. The molecule has 0 bridgehead atoms. The lowest BCUT2D eigenvalue weighted by Gasteiger charge is -2.52. The maximum Gasteiger partial charge on any atom is 0.351 e. The van der Waals surface area contributed by atoms with E-state index in [0.717, 1.165) is 10.8 Å². The van der Waals surface area contributed by atoms with E-state index in [0.29, 0.717) is 5.56 Å². The number of aliphatic hydroxyl groups excluding tert-OH is 2. The fourth-order valence-corrected chi connectivity index (χ4v) is 7.77. The van der Waals surface area contributed by atoms with Gasteiger partial charge in [0.2, 0.25) is 5.91 Å². The number of nitrogens with one attached hydrogen (secondary N) is 1. The third-order valence-corrected chi connectivity index (χ3v) is 9.88. The number of hydrogen-bond donors (Lipinski definition) is 4. The fraction of sp³-hybridized carbons (Fsp3) is 0.542. The van der Waals surface area contributed by atoms with E-state index >= 15 is 0 Å². The number of nitrogens with zero attached hydrogens (tertiary/aromatic N) is 2. The first-order valence-corrected chi connectivity index (χ1v) is 16.1. The summed E-state index contributed by atoms with van der Waals surface area (Å²) in [5.41, 5.74) is 5.12. The molecule has 1 aliphatic carbocycles. The van der Waals surface area contributed by atoms with E-state index in [2.05, 4.69) is 10.3 Å². The summed E-state index contributed by atoms with van der Waals surface area (Å²) in [5.74, 6) is -1.39. The molecule has 1 aromatic heterocycles. The van der Waals surface area contributed by atoms with Crippen LogP contribution >= 0.6 is 15.4 Å². The average molecular weight is 645 g/mol. The van der Waals surface area contributed by atoms with Crippen molar-refractivity contribution in [1.29, 1.82) is 0 Å². The van der Waals surface area contributed by atoms with Crippen molar-refractivity contribution in [2.75, 3.05) is 18.9 Å². The molecule has 2 aliphatic rings. The van der Waals surface area contributed by atoms with Gasteiger partial charge in [0.25, 0.3) is 7.82 Å². The van der Waals surface area contributed by atoms with Crippen molar-refractivity contribution in [1.82, 2.24) is 14.9 Å². The van der Waals surface area contributed by atoms with Gasteiger partial charge in [0.05, 0.1) is 19.3 Å². The second-order valence-corrected chi connectivity index (χ2v) is 13.3. The third-order valence-electron chi connectivity index (χ3n) is 7.22. The first-order valence-electron chi connectivity index (χ1n) is 13.1. The van der Waals surface area contributed by atoms with Gasteiger partial charge in [-0.05, 0) is 32.1 Å². The van der Waals surface area contributed by atoms with Crippen LogP contribution in [-0.2, 0) is 39.1 Å². The first-order chi connectivity index (χ1) is 20.1. The maximum absolute atomic E-state index is 13.0. The van der Waals surface area contributed by atoms with Crippen molar-refractivity contribution >= 4 is 27.1 Å². The lowest BCUT2D eigenvalue weighted by atomic mass is 10.1. The highest BCUT2D eigenvalue weighted by Gasteiger charge is 2.55. The Bertz CT molecular complexity index is 1440. The van der Waals surface area contributed by atoms with Crippen LogP contribution in [0.15, 0.2) is 47.4 Å². The van der Waals surface area contributed by atoms with Crippen LogP contribution < -0.4 is 31.4 Å². The number of nitrogens with two attached hydrogens (primary N) is 1. The van der Waals surface area contributed by atoms with Gasteiger partial charge in [-0.25, -0.2) is 4.79 Å². The summed E-state index contributed by atoms with van der Waals surface area (Å²) in [4.78, 5) is 65.5. The highest BCUT2D eigenvalue weighted by molar-refractivity contribution is 7.52. The number of anilines is 1. The van der Waals surface area contributed by atoms with Gasteiger partial charge in [0.1, 0.15) is 29.5 Å². The zero-order valence-corrected chi connectivity index (χ0v) is 24.6. The molecular formula is C24H31N4O13P2-3. The summed E-state index contributed by atoms with van der Waals surface area (Å²) in [5, 5.41) is 20.4. The molecule has 1 amide bonds. The molecule has 8 atom stereocenters. The average Bonchev–Trinajstić information content (AvgIpc) is 3.42. The number of aliphatic hydroxyl groups is 2. The molecule has 2 aromatic rings. The molecule has 238 valence electrons. The van der Waals surface area contributed by atoms with Gasteiger partial charge in [-0.15, -0.1) is 0 Å². The standard InChI is InChI=1S/C24H34N4O13P2/c1-14(29)26-11-16-7-9-24(42(33,34)35,21(16)38-12-15-5-3-2-4-6-15)41-43(36,37)39-13-17-19(30)20(31)22(40-17)28-10-8-18(25)27-23(28)32/h2-6,8,10,16-17,19-22,30-31H,7,9,11-13H2,1H3,(H,26,29)(H,36,37)(H2,25,27,32)(H2,33,34,35)/p-3/t16-,17+,19+,20+,21-,22+,24?/m0/s1. The van der Waals surface area contributed by atoms with Crippen molar-refractivity contribution in [3.63, 3.8) is 0 Å². The van der Waals surface area contributed by atoms with Crippen molar-refractivity contribution in [3.05, 3.63) is 58.6 Å². The molecule has 17 nitrogen and oxygen atoms in total. The number of ether oxygens (including phenoxy) is 2. The smallest absolute Gasteiger partial charge is 0.351 e. The van der Waals surface area contributed by atoms with Gasteiger partial charge in [0.15, 0.2) is 6.23 Å². The molecule has 19 heteroatoms. The van der Waals surface area contributed by atoms with Gasteiger partial charge in [-0.2, -0.15) is 4.98 Å². The van der Waals surface area contributed by atoms with Gasteiger partial charge in [0, 0.05) is 25.6 Å². The first kappa shape index (κ1) is 33.4. The largest absolute Gasteiger partial charge is 0.809 e. The number of nitrogen functional groups attached to an aromatic ring is 1. The minimum Gasteiger partial charge on any atom is -0.809 e. The van der Waals surface area contributed by atoms with Gasteiger partial charge in [-0.3, -0.25) is 13.9 Å². The Morgan fingerprint density at radius 3 is 2.53 bits per heavy atom. The molecule has 0 radical (unpaired) electrons. The van der Waals surface area contributed by atoms with Crippen LogP contribution in [0.3, 0.4) is 0 Å². The van der Waals surface area contributed by atoms with Crippen LogP contribution in [-0.4, -0.2) is 68.6 Å². The molecule has 2 fully saturated rings. The molecule has 2 heterocycles.